The molecule has 1 aromatic carbocycles. The quantitative estimate of drug-likeness (QED) is 0.265. The Bertz CT molecular complexity index is 1600. The lowest BCUT2D eigenvalue weighted by Gasteiger charge is -2.34. The highest BCUT2D eigenvalue weighted by Gasteiger charge is 2.28. The molecule has 0 bridgehead atoms. The second-order valence-electron chi connectivity index (χ2n) is 12.3. The van der Waals surface area contributed by atoms with Crippen LogP contribution in [0.5, 0.6) is 0 Å². The van der Waals surface area contributed by atoms with Gasteiger partial charge in [0.1, 0.15) is 5.69 Å². The summed E-state index contributed by atoms with van der Waals surface area (Å²) < 4.78 is 19.2. The summed E-state index contributed by atoms with van der Waals surface area (Å²) in [5, 5.41) is 20.9. The first kappa shape index (κ1) is 30.2. The van der Waals surface area contributed by atoms with E-state index in [0.717, 1.165) is 68.6 Å². The molecule has 1 aliphatic carbocycles. The molecule has 0 radical (unpaired) electrons. The van der Waals surface area contributed by atoms with Gasteiger partial charge in [-0.25, -0.2) is 9.37 Å². The number of benzene rings is 1. The Labute approximate surface area is 257 Å². The van der Waals surface area contributed by atoms with Crippen molar-refractivity contribution in [2.75, 3.05) is 50.5 Å². The molecule has 4 aromatic rings. The average molecular weight is 604 g/mol. The maximum Gasteiger partial charge on any atom is 0.261 e. The summed E-state index contributed by atoms with van der Waals surface area (Å²) in [5.74, 6) is -0.915. The Morgan fingerprint density at radius 3 is 2.59 bits per heavy atom. The van der Waals surface area contributed by atoms with Gasteiger partial charge in [0, 0.05) is 69.0 Å². The van der Waals surface area contributed by atoms with Crippen LogP contribution in [0.25, 0.3) is 22.3 Å². The molecule has 11 nitrogen and oxygen atoms in total. The Kier molecular flexibility index (Phi) is 8.92. The number of rotatable bonds is 9. The summed E-state index contributed by atoms with van der Waals surface area (Å²) in [4.78, 5) is 27.1. The van der Waals surface area contributed by atoms with E-state index in [2.05, 4.69) is 61.3 Å². The molecule has 3 N–H and O–H groups in total. The Balaban J connectivity index is 1.26. The van der Waals surface area contributed by atoms with Crippen LogP contribution < -0.4 is 15.5 Å². The molecule has 1 amide bonds. The summed E-state index contributed by atoms with van der Waals surface area (Å²) in [5.41, 5.74) is 3.27. The number of nitrogens with zero attached hydrogens (tertiary/aromatic N) is 7. The Morgan fingerprint density at radius 2 is 1.89 bits per heavy atom. The molecule has 6 rings (SSSR count). The Morgan fingerprint density at radius 1 is 1.11 bits per heavy atom. The predicted octanol–water partition coefficient (Wildman–Crippen LogP) is 3.82. The van der Waals surface area contributed by atoms with Crippen molar-refractivity contribution in [2.24, 2.45) is 7.05 Å². The van der Waals surface area contributed by atoms with Gasteiger partial charge in [-0.15, -0.1) is 0 Å². The third-order valence-corrected chi connectivity index (χ3v) is 8.89. The van der Waals surface area contributed by atoms with Gasteiger partial charge in [-0.1, -0.05) is 0 Å². The molecule has 2 aliphatic rings. The third kappa shape index (κ3) is 6.47. The molecule has 0 spiro atoms. The molecule has 0 unspecified atom stereocenters. The highest BCUT2D eigenvalue weighted by molar-refractivity contribution is 6.05. The zero-order valence-electron chi connectivity index (χ0n) is 25.7. The lowest BCUT2D eigenvalue weighted by atomic mass is 9.93. The minimum atomic E-state index is -0.705. The molecule has 3 aromatic heterocycles. The molecule has 1 saturated heterocycles. The molecular formula is C32H42FN9O2. The number of carbonyl (C=O) groups excluding carboxylic acids is 1. The van der Waals surface area contributed by atoms with Crippen LogP contribution in [0.1, 0.15) is 54.9 Å². The molecule has 2 fully saturated rings. The van der Waals surface area contributed by atoms with Gasteiger partial charge in [0.15, 0.2) is 5.82 Å². The van der Waals surface area contributed by atoms with Crippen LogP contribution in [-0.2, 0) is 7.05 Å². The molecular weight excluding hydrogens is 561 g/mol. The zero-order valence-corrected chi connectivity index (χ0v) is 25.7. The normalized spacial score (nSPS) is 19.6. The van der Waals surface area contributed by atoms with Crippen molar-refractivity contribution in [2.45, 2.75) is 56.7 Å². The number of aromatic nitrogens is 5. The van der Waals surface area contributed by atoms with Crippen molar-refractivity contribution in [1.82, 2.24) is 34.5 Å². The fourth-order valence-corrected chi connectivity index (χ4v) is 6.42. The van der Waals surface area contributed by atoms with Crippen molar-refractivity contribution in [1.29, 1.82) is 0 Å². The van der Waals surface area contributed by atoms with Crippen LogP contribution in [0.2, 0.25) is 0 Å². The summed E-state index contributed by atoms with van der Waals surface area (Å²) >= 11 is 0. The lowest BCUT2D eigenvalue weighted by molar-refractivity contribution is 0.101. The van der Waals surface area contributed by atoms with Gasteiger partial charge in [-0.2, -0.15) is 5.10 Å². The van der Waals surface area contributed by atoms with E-state index in [4.69, 9.17) is 4.98 Å². The number of pyridine rings is 1. The topological polar surface area (TPSA) is 116 Å². The van der Waals surface area contributed by atoms with E-state index in [-0.39, 0.29) is 23.4 Å². The first-order valence-electron chi connectivity index (χ1n) is 15.5. The molecule has 0 atom stereocenters. The minimum absolute atomic E-state index is 0.0498. The first-order valence-corrected chi connectivity index (χ1v) is 15.5. The number of hydrogen-bond donors (Lipinski definition) is 3. The molecule has 1 saturated carbocycles. The number of hydrogen-bond acceptors (Lipinski definition) is 8. The number of likely N-dealkylation sites (N-methyl/N-ethyl adjacent to an activating group) is 1. The van der Waals surface area contributed by atoms with E-state index < -0.39 is 11.7 Å². The maximum atomic E-state index is 15.6. The number of halogens is 1. The predicted molar refractivity (Wildman–Crippen MR) is 169 cm³/mol. The van der Waals surface area contributed by atoms with E-state index in [1.165, 1.54) is 18.5 Å². The summed E-state index contributed by atoms with van der Waals surface area (Å²) in [6.45, 7) is 3.93. The number of aryl methyl sites for hydroxylation is 1. The van der Waals surface area contributed by atoms with Crippen LogP contribution in [0.4, 0.5) is 16.0 Å². The smallest absolute Gasteiger partial charge is 0.261 e. The SMILES string of the molecule is CN(C)CCNC1CCN(c2ccc3nc(NC(=O)c4ccnc(-c5cnn(C)c5)c4F)n([C@H]4CC[C@@H](O)CC4)c3c2)CC1. The number of nitrogens with one attached hydrogen (secondary N) is 2. The standard InChI is InChI=1S/C32H42FN9O2/c1-39(2)17-14-34-22-11-15-41(16-12-22)24-6-9-27-28(18-24)42(23-4-7-25(43)8-5-23)32(37-27)38-31(44)26-10-13-35-30(29(26)33)21-19-36-40(3)20-21/h6,9-10,13,18-20,22-23,25,34,43H,4-5,7-8,11-12,14-17H2,1-3H3,(H,37,38,44)/t23-,25+. The number of fused-ring (bicyclic) bond motifs is 1. The lowest BCUT2D eigenvalue weighted by Crippen LogP contribution is -2.44. The van der Waals surface area contributed by atoms with Crippen LogP contribution >= 0.6 is 0 Å². The number of aliphatic hydroxyl groups excluding tert-OH is 1. The van der Waals surface area contributed by atoms with Gasteiger partial charge < -0.3 is 24.8 Å². The molecule has 44 heavy (non-hydrogen) atoms. The van der Waals surface area contributed by atoms with Gasteiger partial charge in [-0.05, 0) is 76.9 Å². The monoisotopic (exact) mass is 603 g/mol. The van der Waals surface area contributed by atoms with Crippen molar-refractivity contribution in [3.63, 3.8) is 0 Å². The second-order valence-corrected chi connectivity index (χ2v) is 12.3. The molecule has 234 valence electrons. The van der Waals surface area contributed by atoms with Crippen LogP contribution in [-0.4, -0.2) is 92.6 Å². The zero-order chi connectivity index (χ0) is 30.8. The second kappa shape index (κ2) is 13.0. The van der Waals surface area contributed by atoms with Crippen molar-refractivity contribution < 1.29 is 14.3 Å². The Hall–Kier alpha value is -3.87. The van der Waals surface area contributed by atoms with Crippen LogP contribution in [0.15, 0.2) is 42.9 Å². The van der Waals surface area contributed by atoms with Crippen molar-refractivity contribution >= 4 is 28.6 Å². The largest absolute Gasteiger partial charge is 0.393 e. The van der Waals surface area contributed by atoms with Gasteiger partial charge in [0.05, 0.1) is 28.9 Å². The van der Waals surface area contributed by atoms with E-state index >= 15 is 4.39 Å². The van der Waals surface area contributed by atoms with Gasteiger partial charge in [0.25, 0.3) is 5.91 Å². The molecule has 12 heteroatoms. The highest BCUT2D eigenvalue weighted by atomic mass is 19.1. The number of imidazole rings is 1. The number of amides is 1. The van der Waals surface area contributed by atoms with Crippen molar-refractivity contribution in [3.05, 3.63) is 54.2 Å². The van der Waals surface area contributed by atoms with E-state index in [1.54, 1.807) is 17.9 Å². The highest BCUT2D eigenvalue weighted by Crippen LogP contribution is 2.36. The van der Waals surface area contributed by atoms with Gasteiger partial charge in [0.2, 0.25) is 5.95 Å². The van der Waals surface area contributed by atoms with E-state index in [9.17, 15) is 9.90 Å². The minimum Gasteiger partial charge on any atom is -0.393 e. The first-order chi connectivity index (χ1) is 21.3. The fraction of sp³-hybridized carbons (Fsp3) is 0.500. The summed E-state index contributed by atoms with van der Waals surface area (Å²) in [6.07, 6.45) is 9.32. The number of piperidine rings is 1. The van der Waals surface area contributed by atoms with Gasteiger partial charge in [-0.3, -0.25) is 19.8 Å². The summed E-state index contributed by atoms with van der Waals surface area (Å²) in [7, 11) is 5.92. The van der Waals surface area contributed by atoms with E-state index in [1.807, 2.05) is 6.07 Å². The van der Waals surface area contributed by atoms with Crippen LogP contribution in [0, 0.1) is 5.82 Å². The average Bonchev–Trinajstić information content (AvgIpc) is 3.60. The number of anilines is 2. The molecule has 1 aliphatic heterocycles. The van der Waals surface area contributed by atoms with Crippen molar-refractivity contribution in [3.8, 4) is 11.3 Å². The fourth-order valence-electron chi connectivity index (χ4n) is 6.42. The third-order valence-electron chi connectivity index (χ3n) is 8.89. The summed E-state index contributed by atoms with van der Waals surface area (Å²) in [6, 6.07) is 8.21. The van der Waals surface area contributed by atoms with Gasteiger partial charge >= 0.3 is 0 Å². The maximum absolute atomic E-state index is 15.6. The van der Waals surface area contributed by atoms with Crippen LogP contribution in [0.3, 0.4) is 0 Å². The van der Waals surface area contributed by atoms with E-state index in [0.29, 0.717) is 30.4 Å². The number of carbonyl (C=O) groups is 1. The molecule has 4 heterocycles. The number of aliphatic hydroxyl groups is 1.